The maximum Gasteiger partial charge on any atom is 3.00 e. The third-order valence-electron chi connectivity index (χ3n) is 10.5. The van der Waals surface area contributed by atoms with Gasteiger partial charge in [-0.05, 0) is 34.7 Å². The third-order valence-corrected chi connectivity index (χ3v) is 10.5. The molecule has 1 aromatic rings. The minimum Gasteiger partial charge on any atom is -1.00 e. The second-order valence-electron chi connectivity index (χ2n) is 11.0. The molecule has 4 aliphatic rings. The molecule has 0 nitrogen and oxygen atoms in total. The van der Waals surface area contributed by atoms with Crippen molar-refractivity contribution >= 4 is 5.57 Å². The number of halogens is 2. The van der Waals surface area contributed by atoms with E-state index in [1.54, 1.807) is 28.2 Å². The summed E-state index contributed by atoms with van der Waals surface area (Å²) in [6, 6.07) is 9.18. The normalized spacial score (nSPS) is 39.1. The van der Waals surface area contributed by atoms with Crippen LogP contribution in [0.2, 0.25) is 0 Å². The second-order valence-corrected chi connectivity index (χ2v) is 11.0. The average Bonchev–Trinajstić information content (AvgIpc) is 3.08. The van der Waals surface area contributed by atoms with Crippen molar-refractivity contribution in [3.05, 3.63) is 70.2 Å². The van der Waals surface area contributed by atoms with E-state index in [-0.39, 0.29) is 61.8 Å². The van der Waals surface area contributed by atoms with Gasteiger partial charge in [0.25, 0.3) is 0 Å². The van der Waals surface area contributed by atoms with Gasteiger partial charge in [-0.15, -0.1) is 6.92 Å². The summed E-state index contributed by atoms with van der Waals surface area (Å²) >= 11 is 0. The van der Waals surface area contributed by atoms with Crippen LogP contribution in [0.5, 0.6) is 0 Å². The first-order valence-corrected chi connectivity index (χ1v) is 11.7. The molecule has 0 amide bonds. The maximum atomic E-state index is 2.63. The van der Waals surface area contributed by atoms with E-state index in [1.807, 2.05) is 0 Å². The molecule has 1 saturated carbocycles. The van der Waals surface area contributed by atoms with Crippen molar-refractivity contribution in [2.24, 2.45) is 40.4 Å². The number of allylic oxidation sites excluding steroid dienone is 6. The molecule has 1 fully saturated rings. The van der Waals surface area contributed by atoms with Crippen LogP contribution >= 0.6 is 0 Å². The molecule has 0 aromatic heterocycles. The van der Waals surface area contributed by atoms with Gasteiger partial charge in [-0.25, -0.2) is 5.92 Å². The molecule has 0 spiro atoms. The Hall–Kier alpha value is -0.227. The van der Waals surface area contributed by atoms with Gasteiger partial charge < -0.3 is 24.8 Å². The second kappa shape index (κ2) is 9.09. The molecular formula is C29H37Cl2Zr. The van der Waals surface area contributed by atoms with E-state index >= 15 is 0 Å². The zero-order chi connectivity index (χ0) is 20.9. The molecule has 7 unspecified atom stereocenters. The Labute approximate surface area is 227 Å². The Bertz CT molecular complexity index is 989. The zero-order valence-corrected chi connectivity index (χ0v) is 24.8. The summed E-state index contributed by atoms with van der Waals surface area (Å²) in [6.07, 6.45) is 6.12. The van der Waals surface area contributed by atoms with Crippen molar-refractivity contribution in [1.29, 1.82) is 0 Å². The molecule has 32 heavy (non-hydrogen) atoms. The summed E-state index contributed by atoms with van der Waals surface area (Å²) in [5.74, 6) is 4.93. The van der Waals surface area contributed by atoms with E-state index in [0.29, 0.717) is 29.6 Å². The largest absolute Gasteiger partial charge is 3.00 e. The van der Waals surface area contributed by atoms with Gasteiger partial charge in [-0.2, -0.15) is 11.1 Å². The van der Waals surface area contributed by atoms with Crippen LogP contribution in [0.15, 0.2) is 53.1 Å². The average molecular weight is 548 g/mol. The van der Waals surface area contributed by atoms with Crippen molar-refractivity contribution in [3.8, 4) is 0 Å². The van der Waals surface area contributed by atoms with Crippen LogP contribution in [-0.4, -0.2) is 0 Å². The molecule has 5 rings (SSSR count). The van der Waals surface area contributed by atoms with Gasteiger partial charge in [0.1, 0.15) is 0 Å². The molecule has 1 aromatic carbocycles. The van der Waals surface area contributed by atoms with Gasteiger partial charge in [0.05, 0.1) is 0 Å². The molecule has 0 saturated heterocycles. The monoisotopic (exact) mass is 545 g/mol. The first-order chi connectivity index (χ1) is 13.7. The summed E-state index contributed by atoms with van der Waals surface area (Å²) in [4.78, 5) is 0. The standard InChI is InChI=1S/C29H37.2ClH.Zr/c1-16-13-14-25-26-23-12-10-9-11-22(23)15-24(26)27-19(4)17(2)18(3)21(6)29(27,8)28(25,7)20(16)5;;;/h9-14,16-18,20-21H,15H2,1-8H3;2*1H;/q-1;;;+3/p-2. The van der Waals surface area contributed by atoms with E-state index in [9.17, 15) is 0 Å². The van der Waals surface area contributed by atoms with Crippen molar-refractivity contribution in [1.82, 2.24) is 0 Å². The van der Waals surface area contributed by atoms with Crippen LogP contribution in [0.4, 0.5) is 0 Å². The number of hydrogen-bond donors (Lipinski definition) is 0. The number of rotatable bonds is 0. The van der Waals surface area contributed by atoms with Crippen molar-refractivity contribution < 1.29 is 51.0 Å². The molecule has 7 atom stereocenters. The minimum atomic E-state index is 0. The van der Waals surface area contributed by atoms with Crippen LogP contribution in [0.1, 0.15) is 66.5 Å². The fraction of sp³-hybridized carbons (Fsp3) is 0.552. The molecule has 0 aliphatic heterocycles. The molecule has 4 aliphatic carbocycles. The Morgan fingerprint density at radius 1 is 0.906 bits per heavy atom. The van der Waals surface area contributed by atoms with Gasteiger partial charge in [-0.1, -0.05) is 114 Å². The predicted molar refractivity (Wildman–Crippen MR) is 124 cm³/mol. The molecule has 0 heterocycles. The van der Waals surface area contributed by atoms with E-state index in [4.69, 9.17) is 0 Å². The molecular weight excluding hydrogens is 510 g/mol. The van der Waals surface area contributed by atoms with E-state index < -0.39 is 0 Å². The van der Waals surface area contributed by atoms with Gasteiger partial charge in [0, 0.05) is 5.41 Å². The quantitative estimate of drug-likeness (QED) is 0.434. The van der Waals surface area contributed by atoms with Crippen LogP contribution in [0.3, 0.4) is 0 Å². The van der Waals surface area contributed by atoms with Crippen molar-refractivity contribution in [3.63, 3.8) is 0 Å². The molecule has 0 bridgehead atoms. The smallest absolute Gasteiger partial charge is 1.00 e. The summed E-state index contributed by atoms with van der Waals surface area (Å²) in [6.45, 7) is 20.2. The summed E-state index contributed by atoms with van der Waals surface area (Å²) < 4.78 is 0. The SMILES string of the molecule is C[C-]1C2=C3Cc4ccccc4C3=C3C=CC(C)C(C)C3(C)C2(C)C(C)C(C)C1C.[Cl-].[Cl-].[Zr+3]. The number of hydrogen-bond acceptors (Lipinski definition) is 0. The molecule has 0 N–H and O–H groups in total. The Balaban J connectivity index is 0.00000121. The van der Waals surface area contributed by atoms with Gasteiger partial charge in [-0.3, -0.25) is 0 Å². The van der Waals surface area contributed by atoms with E-state index in [2.05, 4.69) is 91.8 Å². The zero-order valence-electron chi connectivity index (χ0n) is 20.8. The van der Waals surface area contributed by atoms with E-state index in [0.717, 1.165) is 6.42 Å². The molecule has 171 valence electrons. The number of benzene rings is 1. The van der Waals surface area contributed by atoms with E-state index in [1.165, 1.54) is 11.1 Å². The van der Waals surface area contributed by atoms with Crippen molar-refractivity contribution in [2.45, 2.75) is 61.8 Å². The third kappa shape index (κ3) is 3.13. The fourth-order valence-corrected chi connectivity index (χ4v) is 7.84. The van der Waals surface area contributed by atoms with Crippen LogP contribution in [-0.2, 0) is 32.6 Å². The summed E-state index contributed by atoms with van der Waals surface area (Å²) in [7, 11) is 0. The first-order valence-electron chi connectivity index (χ1n) is 11.7. The Morgan fingerprint density at radius 3 is 2.19 bits per heavy atom. The Kier molecular flexibility index (Phi) is 7.96. The van der Waals surface area contributed by atoms with Gasteiger partial charge in [0.2, 0.25) is 0 Å². The fourth-order valence-electron chi connectivity index (χ4n) is 7.84. The van der Waals surface area contributed by atoms with Crippen LogP contribution in [0, 0.1) is 46.3 Å². The first kappa shape index (κ1) is 28.0. The van der Waals surface area contributed by atoms with Crippen LogP contribution in [0.25, 0.3) is 5.57 Å². The van der Waals surface area contributed by atoms with Crippen molar-refractivity contribution in [2.75, 3.05) is 0 Å². The Morgan fingerprint density at radius 2 is 1.53 bits per heavy atom. The molecule has 1 radical (unpaired) electrons. The number of fused-ring (bicyclic) bond motifs is 6. The minimum absolute atomic E-state index is 0. The van der Waals surface area contributed by atoms with Gasteiger partial charge >= 0.3 is 26.2 Å². The summed E-state index contributed by atoms with van der Waals surface area (Å²) in [5.41, 5.74) is 9.93. The maximum absolute atomic E-state index is 2.63. The predicted octanol–water partition coefficient (Wildman–Crippen LogP) is 1.68. The summed E-state index contributed by atoms with van der Waals surface area (Å²) in [5, 5.41) is 0. The van der Waals surface area contributed by atoms with Gasteiger partial charge in [0.15, 0.2) is 0 Å². The molecule has 3 heteroatoms. The topological polar surface area (TPSA) is 0 Å². The van der Waals surface area contributed by atoms with Crippen LogP contribution < -0.4 is 24.8 Å².